The Bertz CT molecular complexity index is 721. The third-order valence-corrected chi connectivity index (χ3v) is 4.55. The van der Waals surface area contributed by atoms with Crippen molar-refractivity contribution in [3.05, 3.63) is 48.0 Å². The first-order chi connectivity index (χ1) is 12.2. The molecular weight excluding hydrogens is 318 g/mol. The van der Waals surface area contributed by atoms with E-state index in [-0.39, 0.29) is 11.9 Å². The van der Waals surface area contributed by atoms with Crippen LogP contribution in [0.15, 0.2) is 36.7 Å². The lowest BCUT2D eigenvalue weighted by molar-refractivity contribution is -0.132. The number of ether oxygens (including phenoxy) is 2. The number of rotatable bonds is 6. The van der Waals surface area contributed by atoms with Gasteiger partial charge >= 0.3 is 0 Å². The van der Waals surface area contributed by atoms with E-state index in [2.05, 4.69) is 9.97 Å². The van der Waals surface area contributed by atoms with E-state index < -0.39 is 0 Å². The fourth-order valence-electron chi connectivity index (χ4n) is 3.30. The second-order valence-corrected chi connectivity index (χ2v) is 6.02. The minimum absolute atomic E-state index is 0.0463. The molecule has 0 bridgehead atoms. The van der Waals surface area contributed by atoms with Gasteiger partial charge in [-0.2, -0.15) is 0 Å². The van der Waals surface area contributed by atoms with Gasteiger partial charge < -0.3 is 14.4 Å². The van der Waals surface area contributed by atoms with Crippen molar-refractivity contribution < 1.29 is 14.3 Å². The van der Waals surface area contributed by atoms with Crippen LogP contribution in [0.25, 0.3) is 0 Å². The first kappa shape index (κ1) is 17.2. The number of carbonyl (C=O) groups is 1. The van der Waals surface area contributed by atoms with Crippen molar-refractivity contribution in [3.63, 3.8) is 0 Å². The number of likely N-dealkylation sites (tertiary alicyclic amines) is 1. The summed E-state index contributed by atoms with van der Waals surface area (Å²) in [5.74, 6) is 2.34. The van der Waals surface area contributed by atoms with Gasteiger partial charge in [-0.1, -0.05) is 0 Å². The third kappa shape index (κ3) is 3.90. The molecule has 1 saturated heterocycles. The minimum Gasteiger partial charge on any atom is -0.497 e. The average Bonchev–Trinajstić information content (AvgIpc) is 3.16. The molecule has 1 amide bonds. The molecule has 1 atom stereocenters. The Morgan fingerprint density at radius 2 is 2.04 bits per heavy atom. The predicted molar refractivity (Wildman–Crippen MR) is 93.6 cm³/mol. The monoisotopic (exact) mass is 341 g/mol. The molecule has 1 fully saturated rings. The normalized spacial score (nSPS) is 16.7. The second kappa shape index (κ2) is 7.96. The van der Waals surface area contributed by atoms with Crippen molar-refractivity contribution in [1.29, 1.82) is 0 Å². The van der Waals surface area contributed by atoms with E-state index in [0.717, 1.165) is 36.4 Å². The summed E-state index contributed by atoms with van der Waals surface area (Å²) in [7, 11) is 3.28. The van der Waals surface area contributed by atoms with Gasteiger partial charge in [-0.05, 0) is 31.0 Å². The van der Waals surface area contributed by atoms with Crippen LogP contribution in [0, 0.1) is 0 Å². The van der Waals surface area contributed by atoms with Crippen LogP contribution in [0.1, 0.15) is 36.7 Å². The largest absolute Gasteiger partial charge is 0.497 e. The molecule has 6 nitrogen and oxygen atoms in total. The summed E-state index contributed by atoms with van der Waals surface area (Å²) < 4.78 is 10.8. The Hall–Kier alpha value is -2.63. The second-order valence-electron chi connectivity index (χ2n) is 6.02. The number of methoxy groups -OCH3 is 2. The maximum atomic E-state index is 12.7. The van der Waals surface area contributed by atoms with Crippen LogP contribution in [-0.4, -0.2) is 41.5 Å². The van der Waals surface area contributed by atoms with Crippen molar-refractivity contribution in [2.75, 3.05) is 20.8 Å². The van der Waals surface area contributed by atoms with Crippen LogP contribution in [-0.2, 0) is 11.2 Å². The lowest BCUT2D eigenvalue weighted by Gasteiger charge is -2.26. The quantitative estimate of drug-likeness (QED) is 0.808. The van der Waals surface area contributed by atoms with E-state index in [1.807, 2.05) is 23.1 Å². The number of hydrogen-bond donors (Lipinski definition) is 0. The topological polar surface area (TPSA) is 64.5 Å². The fourth-order valence-corrected chi connectivity index (χ4v) is 3.30. The zero-order valence-electron chi connectivity index (χ0n) is 14.6. The fraction of sp³-hybridized carbons (Fsp3) is 0.421. The number of aryl methyl sites for hydroxylation is 1. The maximum absolute atomic E-state index is 12.7. The molecule has 25 heavy (non-hydrogen) atoms. The molecule has 2 aromatic rings. The highest BCUT2D eigenvalue weighted by Gasteiger charge is 2.31. The van der Waals surface area contributed by atoms with E-state index >= 15 is 0 Å². The zero-order chi connectivity index (χ0) is 17.6. The number of aromatic nitrogens is 2. The smallest absolute Gasteiger partial charge is 0.223 e. The molecule has 2 heterocycles. The molecule has 1 unspecified atom stereocenters. The lowest BCUT2D eigenvalue weighted by atomic mass is 10.0. The first-order valence-corrected chi connectivity index (χ1v) is 8.50. The Kier molecular flexibility index (Phi) is 5.48. The lowest BCUT2D eigenvalue weighted by Crippen LogP contribution is -2.31. The molecule has 1 aliphatic heterocycles. The van der Waals surface area contributed by atoms with Gasteiger partial charge in [0.15, 0.2) is 0 Å². The van der Waals surface area contributed by atoms with Gasteiger partial charge in [-0.15, -0.1) is 0 Å². The summed E-state index contributed by atoms with van der Waals surface area (Å²) in [5, 5.41) is 0. The van der Waals surface area contributed by atoms with E-state index in [9.17, 15) is 4.79 Å². The van der Waals surface area contributed by atoms with Gasteiger partial charge in [0.25, 0.3) is 0 Å². The van der Waals surface area contributed by atoms with Gasteiger partial charge in [-0.3, -0.25) is 4.79 Å². The van der Waals surface area contributed by atoms with Crippen LogP contribution in [0.4, 0.5) is 0 Å². The number of amides is 1. The minimum atomic E-state index is 0.0463. The van der Waals surface area contributed by atoms with E-state index in [1.54, 1.807) is 32.7 Å². The van der Waals surface area contributed by atoms with E-state index in [4.69, 9.17) is 9.47 Å². The molecule has 0 aliphatic carbocycles. The highest BCUT2D eigenvalue weighted by Crippen LogP contribution is 2.38. The molecule has 0 radical (unpaired) electrons. The zero-order valence-corrected chi connectivity index (χ0v) is 14.6. The molecule has 6 heteroatoms. The highest BCUT2D eigenvalue weighted by atomic mass is 16.5. The summed E-state index contributed by atoms with van der Waals surface area (Å²) in [6, 6.07) is 7.60. The van der Waals surface area contributed by atoms with Gasteiger partial charge in [0.05, 0.1) is 20.3 Å². The first-order valence-electron chi connectivity index (χ1n) is 8.50. The van der Waals surface area contributed by atoms with E-state index in [1.165, 1.54) is 0 Å². The Labute approximate surface area is 147 Å². The Morgan fingerprint density at radius 3 is 2.76 bits per heavy atom. The number of benzene rings is 1. The van der Waals surface area contributed by atoms with Gasteiger partial charge in [0.2, 0.25) is 5.91 Å². The molecule has 0 N–H and O–H groups in total. The molecule has 3 rings (SSSR count). The number of hydrogen-bond acceptors (Lipinski definition) is 5. The number of nitrogens with zero attached hydrogens (tertiary/aromatic N) is 3. The SMILES string of the molecule is COc1ccc(C2CCCN2C(=O)CCc2ncccn2)c(OC)c1. The standard InChI is InChI=1S/C19H23N3O3/c1-24-14-6-7-15(17(13-14)25-2)16-5-3-12-22(16)19(23)9-8-18-20-10-4-11-21-18/h4,6-7,10-11,13,16H,3,5,8-9,12H2,1-2H3. The molecule has 0 spiro atoms. The van der Waals surface area contributed by atoms with Crippen LogP contribution in [0.3, 0.4) is 0 Å². The van der Waals surface area contributed by atoms with Crippen LogP contribution in [0.5, 0.6) is 11.5 Å². The highest BCUT2D eigenvalue weighted by molar-refractivity contribution is 5.77. The summed E-state index contributed by atoms with van der Waals surface area (Å²) in [5.41, 5.74) is 1.03. The molecule has 0 saturated carbocycles. The van der Waals surface area contributed by atoms with E-state index in [0.29, 0.717) is 18.7 Å². The van der Waals surface area contributed by atoms with Gasteiger partial charge in [0.1, 0.15) is 17.3 Å². The molecule has 1 aliphatic rings. The Morgan fingerprint density at radius 1 is 1.24 bits per heavy atom. The van der Waals surface area contributed by atoms with Crippen molar-refractivity contribution in [3.8, 4) is 11.5 Å². The van der Waals surface area contributed by atoms with Crippen LogP contribution >= 0.6 is 0 Å². The molecular formula is C19H23N3O3. The summed E-state index contributed by atoms with van der Waals surface area (Å²) in [6.07, 6.45) is 6.31. The van der Waals surface area contributed by atoms with Crippen molar-refractivity contribution in [2.45, 2.75) is 31.7 Å². The Balaban J connectivity index is 1.73. The van der Waals surface area contributed by atoms with Gasteiger partial charge in [-0.25, -0.2) is 9.97 Å². The summed E-state index contributed by atoms with van der Waals surface area (Å²) in [4.78, 5) is 23.1. The average molecular weight is 341 g/mol. The van der Waals surface area contributed by atoms with Crippen LogP contribution in [0.2, 0.25) is 0 Å². The predicted octanol–water partition coefficient (Wildman–Crippen LogP) is 2.79. The molecule has 1 aromatic carbocycles. The van der Waals surface area contributed by atoms with Crippen molar-refractivity contribution in [1.82, 2.24) is 14.9 Å². The van der Waals surface area contributed by atoms with Crippen molar-refractivity contribution >= 4 is 5.91 Å². The molecule has 1 aromatic heterocycles. The summed E-state index contributed by atoms with van der Waals surface area (Å²) in [6.45, 7) is 0.772. The maximum Gasteiger partial charge on any atom is 0.223 e. The van der Waals surface area contributed by atoms with Gasteiger partial charge in [0, 0.05) is 43.4 Å². The summed E-state index contributed by atoms with van der Waals surface area (Å²) >= 11 is 0. The number of carbonyl (C=O) groups excluding carboxylic acids is 1. The van der Waals surface area contributed by atoms with Crippen molar-refractivity contribution in [2.24, 2.45) is 0 Å². The van der Waals surface area contributed by atoms with Crippen LogP contribution < -0.4 is 9.47 Å². The third-order valence-electron chi connectivity index (χ3n) is 4.55. The molecule has 132 valence electrons.